The van der Waals surface area contributed by atoms with E-state index in [-0.39, 0.29) is 55.0 Å². The smallest absolute Gasteiger partial charge is 0.228 e. The van der Waals surface area contributed by atoms with Gasteiger partial charge in [0.1, 0.15) is 0 Å². The Morgan fingerprint density at radius 2 is 2.03 bits per heavy atom. The van der Waals surface area contributed by atoms with Crippen LogP contribution >= 0.6 is 36.2 Å². The number of carbonyl (C=O) groups is 3. The van der Waals surface area contributed by atoms with Crippen molar-refractivity contribution in [3.63, 3.8) is 0 Å². The molecule has 3 heterocycles. The highest BCUT2D eigenvalue weighted by Gasteiger charge is 2.28. The third kappa shape index (κ3) is 6.80. The van der Waals surface area contributed by atoms with Gasteiger partial charge in [0.2, 0.25) is 17.7 Å². The van der Waals surface area contributed by atoms with Gasteiger partial charge < -0.3 is 16.0 Å². The molecule has 29 heavy (non-hydrogen) atoms. The maximum absolute atomic E-state index is 12.8. The minimum atomic E-state index is -0.0742. The van der Waals surface area contributed by atoms with Gasteiger partial charge in [0.05, 0.1) is 12.1 Å². The molecule has 0 saturated carbocycles. The number of nitrogens with two attached hydrogens (primary N) is 1. The number of thiazole rings is 1. The number of hydrogen-bond donors (Lipinski definition) is 2. The Morgan fingerprint density at radius 1 is 1.24 bits per heavy atom. The number of piperidine rings is 1. The molecule has 1 aromatic rings. The number of halogens is 2. The summed E-state index contributed by atoms with van der Waals surface area (Å²) in [5.41, 5.74) is 6.10. The zero-order chi connectivity index (χ0) is 19.2. The number of aromatic nitrogens is 1. The molecule has 2 aliphatic rings. The second-order valence-electron chi connectivity index (χ2n) is 7.03. The molecule has 8 nitrogen and oxygen atoms in total. The third-order valence-corrected chi connectivity index (χ3v) is 5.94. The van der Waals surface area contributed by atoms with E-state index in [9.17, 15) is 14.4 Å². The number of hydrogen-bond acceptors (Lipinski definition) is 6. The summed E-state index contributed by atoms with van der Waals surface area (Å²) in [6.45, 7) is 2.20. The fraction of sp³-hybridized carbons (Fsp3) is 0.667. The average molecular weight is 466 g/mol. The molecule has 3 rings (SSSR count). The first-order valence-corrected chi connectivity index (χ1v) is 10.5. The van der Waals surface area contributed by atoms with Crippen molar-refractivity contribution in [2.24, 2.45) is 5.73 Å². The number of amides is 3. The van der Waals surface area contributed by atoms with Crippen molar-refractivity contribution in [1.82, 2.24) is 15.2 Å². The number of nitrogens with one attached hydrogen (secondary N) is 1. The summed E-state index contributed by atoms with van der Waals surface area (Å²) in [5.74, 6) is 0.0545. The van der Waals surface area contributed by atoms with E-state index in [1.54, 1.807) is 4.90 Å². The van der Waals surface area contributed by atoms with Crippen molar-refractivity contribution in [3.05, 3.63) is 11.1 Å². The van der Waals surface area contributed by atoms with Gasteiger partial charge in [-0.1, -0.05) is 0 Å². The second kappa shape index (κ2) is 12.3. The SMILES string of the molecule is Cl.Cl.NCCC(=O)NCC1CCCCN1C(=O)Cc1csc(N2CCCC2=O)n1. The summed E-state index contributed by atoms with van der Waals surface area (Å²) in [6.07, 6.45) is 4.88. The van der Waals surface area contributed by atoms with Crippen molar-refractivity contribution >= 4 is 59.0 Å². The summed E-state index contributed by atoms with van der Waals surface area (Å²) >= 11 is 1.41. The van der Waals surface area contributed by atoms with Crippen LogP contribution in [-0.4, -0.2) is 59.8 Å². The van der Waals surface area contributed by atoms with Gasteiger partial charge in [-0.2, -0.15) is 0 Å². The summed E-state index contributed by atoms with van der Waals surface area (Å²) in [4.78, 5) is 44.4. The largest absolute Gasteiger partial charge is 0.354 e. The zero-order valence-electron chi connectivity index (χ0n) is 16.3. The van der Waals surface area contributed by atoms with Crippen LogP contribution in [0.2, 0.25) is 0 Å². The van der Waals surface area contributed by atoms with Crippen LogP contribution in [0.25, 0.3) is 0 Å². The van der Waals surface area contributed by atoms with E-state index in [0.29, 0.717) is 49.8 Å². The summed E-state index contributed by atoms with van der Waals surface area (Å²) in [7, 11) is 0. The standard InChI is InChI=1S/C18H27N5O3S.2ClH/c19-7-6-15(24)20-11-14-4-1-2-8-22(14)17(26)10-13-12-27-18(21-13)23-9-3-5-16(23)25;;/h12,14H,1-11,19H2,(H,20,24);2*1H. The molecule has 1 atom stereocenters. The van der Waals surface area contributed by atoms with Gasteiger partial charge in [-0.05, 0) is 25.7 Å². The first-order chi connectivity index (χ1) is 13.1. The number of anilines is 1. The van der Waals surface area contributed by atoms with E-state index < -0.39 is 0 Å². The lowest BCUT2D eigenvalue weighted by Crippen LogP contribution is -2.50. The highest BCUT2D eigenvalue weighted by atomic mass is 35.5. The highest BCUT2D eigenvalue weighted by Crippen LogP contribution is 2.26. The maximum atomic E-state index is 12.8. The van der Waals surface area contributed by atoms with E-state index in [2.05, 4.69) is 10.3 Å². The topological polar surface area (TPSA) is 109 Å². The molecule has 0 spiro atoms. The molecule has 1 unspecified atom stereocenters. The molecule has 1 aromatic heterocycles. The predicted octanol–water partition coefficient (Wildman–Crippen LogP) is 1.50. The Balaban J connectivity index is 0.00000210. The van der Waals surface area contributed by atoms with Gasteiger partial charge in [0, 0.05) is 50.4 Å². The van der Waals surface area contributed by atoms with Crippen molar-refractivity contribution in [3.8, 4) is 0 Å². The Morgan fingerprint density at radius 3 is 2.72 bits per heavy atom. The molecule has 0 aliphatic carbocycles. The number of nitrogens with zero attached hydrogens (tertiary/aromatic N) is 3. The fourth-order valence-electron chi connectivity index (χ4n) is 3.60. The summed E-state index contributed by atoms with van der Waals surface area (Å²) in [6, 6.07) is 0.0197. The lowest BCUT2D eigenvalue weighted by atomic mass is 10.0. The van der Waals surface area contributed by atoms with Gasteiger partial charge in [-0.25, -0.2) is 4.98 Å². The van der Waals surface area contributed by atoms with Crippen LogP contribution in [0.5, 0.6) is 0 Å². The van der Waals surface area contributed by atoms with Crippen LogP contribution in [0.3, 0.4) is 0 Å². The fourth-order valence-corrected chi connectivity index (χ4v) is 4.47. The van der Waals surface area contributed by atoms with Gasteiger partial charge in [-0.15, -0.1) is 36.2 Å². The van der Waals surface area contributed by atoms with Crippen LogP contribution in [0.15, 0.2) is 5.38 Å². The van der Waals surface area contributed by atoms with Crippen molar-refractivity contribution in [1.29, 1.82) is 0 Å². The predicted molar refractivity (Wildman–Crippen MR) is 118 cm³/mol. The van der Waals surface area contributed by atoms with Crippen LogP contribution in [0.4, 0.5) is 5.13 Å². The van der Waals surface area contributed by atoms with Crippen LogP contribution < -0.4 is 16.0 Å². The average Bonchev–Trinajstić information content (AvgIpc) is 3.29. The van der Waals surface area contributed by atoms with Crippen molar-refractivity contribution in [2.75, 3.05) is 31.1 Å². The molecule has 3 amide bonds. The van der Waals surface area contributed by atoms with E-state index in [1.807, 2.05) is 10.3 Å². The molecule has 2 fully saturated rings. The normalized spacial score (nSPS) is 18.8. The first kappa shape index (κ1) is 25.6. The van der Waals surface area contributed by atoms with Gasteiger partial charge in [0.25, 0.3) is 0 Å². The van der Waals surface area contributed by atoms with E-state index in [4.69, 9.17) is 5.73 Å². The number of rotatable bonds is 7. The summed E-state index contributed by atoms with van der Waals surface area (Å²) < 4.78 is 0. The number of carbonyl (C=O) groups excluding carboxylic acids is 3. The van der Waals surface area contributed by atoms with E-state index in [0.717, 1.165) is 25.7 Å². The Hall–Kier alpha value is -1.42. The minimum absolute atomic E-state index is 0. The first-order valence-electron chi connectivity index (χ1n) is 9.59. The zero-order valence-corrected chi connectivity index (χ0v) is 18.8. The molecular weight excluding hydrogens is 437 g/mol. The molecular formula is C18H29Cl2N5O3S. The molecule has 0 bridgehead atoms. The van der Waals surface area contributed by atoms with Gasteiger partial charge in [0.15, 0.2) is 5.13 Å². The van der Waals surface area contributed by atoms with Crippen molar-refractivity contribution in [2.45, 2.75) is 51.0 Å². The Labute approximate surface area is 187 Å². The molecule has 2 aliphatic heterocycles. The van der Waals surface area contributed by atoms with Gasteiger partial charge in [-0.3, -0.25) is 19.3 Å². The molecule has 11 heteroatoms. The number of likely N-dealkylation sites (tertiary alicyclic amines) is 1. The third-order valence-electron chi connectivity index (χ3n) is 5.03. The Kier molecular flexibility index (Phi) is 10.9. The molecule has 0 aromatic carbocycles. The minimum Gasteiger partial charge on any atom is -0.354 e. The van der Waals surface area contributed by atoms with Crippen LogP contribution in [0, 0.1) is 0 Å². The molecule has 164 valence electrons. The van der Waals surface area contributed by atoms with E-state index in [1.165, 1.54) is 11.3 Å². The second-order valence-corrected chi connectivity index (χ2v) is 7.86. The molecule has 3 N–H and O–H groups in total. The van der Waals surface area contributed by atoms with E-state index >= 15 is 0 Å². The highest BCUT2D eigenvalue weighted by molar-refractivity contribution is 7.14. The van der Waals surface area contributed by atoms with Crippen LogP contribution in [-0.2, 0) is 20.8 Å². The quantitative estimate of drug-likeness (QED) is 0.633. The molecule has 2 saturated heterocycles. The van der Waals surface area contributed by atoms with Crippen LogP contribution in [0.1, 0.15) is 44.2 Å². The lowest BCUT2D eigenvalue weighted by molar-refractivity contribution is -0.134. The summed E-state index contributed by atoms with van der Waals surface area (Å²) in [5, 5.41) is 5.42. The van der Waals surface area contributed by atoms with Crippen molar-refractivity contribution < 1.29 is 14.4 Å². The Bertz CT molecular complexity index is 703. The monoisotopic (exact) mass is 465 g/mol. The lowest BCUT2D eigenvalue weighted by Gasteiger charge is -2.36. The van der Waals surface area contributed by atoms with Gasteiger partial charge >= 0.3 is 0 Å². The molecule has 0 radical (unpaired) electrons. The maximum Gasteiger partial charge on any atom is 0.228 e.